The second-order valence-electron chi connectivity index (χ2n) is 4.29. The summed E-state index contributed by atoms with van der Waals surface area (Å²) in [5.41, 5.74) is 0.239. The molecule has 1 amide bonds. The van der Waals surface area contributed by atoms with Crippen molar-refractivity contribution in [2.24, 2.45) is 0 Å². The number of thiophene rings is 1. The second-order valence-corrected chi connectivity index (χ2v) is 5.24. The van der Waals surface area contributed by atoms with E-state index in [-0.39, 0.29) is 18.1 Å². The smallest absolute Gasteiger partial charge is 0.358 e. The molecule has 0 radical (unpaired) electrons. The quantitative estimate of drug-likeness (QED) is 0.875. The lowest BCUT2D eigenvalue weighted by Crippen LogP contribution is -2.33. The highest BCUT2D eigenvalue weighted by molar-refractivity contribution is 7.13. The third-order valence-corrected chi connectivity index (χ3v) is 3.97. The number of aromatic carboxylic acids is 1. The van der Waals surface area contributed by atoms with Gasteiger partial charge in [-0.15, -0.1) is 16.4 Å². The molecule has 0 atom stereocenters. The lowest BCUT2D eigenvalue weighted by Gasteiger charge is -2.18. The Balaban J connectivity index is 2.37. The third kappa shape index (κ3) is 3.10. The van der Waals surface area contributed by atoms with Crippen molar-refractivity contribution in [3.63, 3.8) is 0 Å². The Morgan fingerprint density at radius 1 is 1.38 bits per heavy atom. The Hall–Kier alpha value is -2.22. The zero-order valence-electron chi connectivity index (χ0n) is 11.8. The van der Waals surface area contributed by atoms with Crippen LogP contribution >= 0.6 is 11.3 Å². The molecule has 2 rings (SSSR count). The molecule has 0 aliphatic rings. The summed E-state index contributed by atoms with van der Waals surface area (Å²) >= 11 is 1.38. The fourth-order valence-electron chi connectivity index (χ4n) is 2.03. The van der Waals surface area contributed by atoms with Crippen LogP contribution in [0.25, 0.3) is 10.6 Å². The molecule has 0 saturated heterocycles. The van der Waals surface area contributed by atoms with E-state index >= 15 is 0 Å². The predicted molar refractivity (Wildman–Crippen MR) is 78.2 cm³/mol. The van der Waals surface area contributed by atoms with E-state index in [0.29, 0.717) is 18.8 Å². The van der Waals surface area contributed by atoms with Crippen molar-refractivity contribution >= 4 is 23.2 Å². The Labute approximate surface area is 125 Å². The molecule has 0 spiro atoms. The van der Waals surface area contributed by atoms with Crippen LogP contribution < -0.4 is 0 Å². The van der Waals surface area contributed by atoms with Gasteiger partial charge in [-0.05, 0) is 25.3 Å². The van der Waals surface area contributed by atoms with Gasteiger partial charge in [0.15, 0.2) is 5.69 Å². The van der Waals surface area contributed by atoms with E-state index in [1.165, 1.54) is 16.0 Å². The average Bonchev–Trinajstić information content (AvgIpc) is 3.08. The number of rotatable bonds is 6. The fraction of sp³-hybridized carbons (Fsp3) is 0.385. The Morgan fingerprint density at radius 3 is 2.62 bits per heavy atom. The lowest BCUT2D eigenvalue weighted by atomic mass is 10.2. The Bertz CT molecular complexity index is 632. The predicted octanol–water partition coefficient (Wildman–Crippen LogP) is 1.57. The first-order valence-corrected chi connectivity index (χ1v) is 7.44. The maximum Gasteiger partial charge on any atom is 0.358 e. The number of carboxylic acid groups (broad SMARTS) is 1. The summed E-state index contributed by atoms with van der Waals surface area (Å²) in [6, 6.07) is 3.60. The number of hydrogen-bond acceptors (Lipinski definition) is 5. The maximum absolute atomic E-state index is 12.2. The van der Waals surface area contributed by atoms with Crippen molar-refractivity contribution in [2.75, 3.05) is 13.1 Å². The number of carbonyl (C=O) groups is 2. The highest BCUT2D eigenvalue weighted by atomic mass is 32.1. The minimum atomic E-state index is -1.15. The number of amides is 1. The number of nitrogens with zero attached hydrogens (tertiary/aromatic N) is 4. The van der Waals surface area contributed by atoms with E-state index in [4.69, 9.17) is 0 Å². The van der Waals surface area contributed by atoms with Crippen LogP contribution in [0, 0.1) is 0 Å². The second kappa shape index (κ2) is 6.49. The molecule has 8 heteroatoms. The van der Waals surface area contributed by atoms with Gasteiger partial charge in [-0.3, -0.25) is 4.79 Å². The van der Waals surface area contributed by atoms with Gasteiger partial charge in [-0.2, -0.15) is 0 Å². The summed E-state index contributed by atoms with van der Waals surface area (Å²) in [4.78, 5) is 25.8. The van der Waals surface area contributed by atoms with E-state index in [9.17, 15) is 14.7 Å². The van der Waals surface area contributed by atoms with Crippen molar-refractivity contribution < 1.29 is 14.7 Å². The summed E-state index contributed by atoms with van der Waals surface area (Å²) in [7, 11) is 0. The van der Waals surface area contributed by atoms with E-state index in [2.05, 4.69) is 10.3 Å². The Kier molecular flexibility index (Phi) is 4.69. The molecule has 2 heterocycles. The van der Waals surface area contributed by atoms with Crippen molar-refractivity contribution in [1.82, 2.24) is 19.9 Å². The number of carbonyl (C=O) groups excluding carboxylic acids is 1. The molecule has 0 saturated carbocycles. The summed E-state index contributed by atoms with van der Waals surface area (Å²) in [5.74, 6) is -1.26. The molecule has 0 fully saturated rings. The van der Waals surface area contributed by atoms with Crippen molar-refractivity contribution in [1.29, 1.82) is 0 Å². The van der Waals surface area contributed by atoms with Crippen LogP contribution in [-0.2, 0) is 11.3 Å². The SMILES string of the molecule is CCN(CC)C(=O)Cn1nnc(C(=O)O)c1-c1cccs1. The first-order chi connectivity index (χ1) is 10.1. The molecule has 7 nitrogen and oxygen atoms in total. The molecule has 1 N–H and O–H groups in total. The number of hydrogen-bond donors (Lipinski definition) is 1. The molecule has 0 aromatic carbocycles. The summed E-state index contributed by atoms with van der Waals surface area (Å²) in [5, 5.41) is 18.6. The molecule has 2 aromatic heterocycles. The van der Waals surface area contributed by atoms with Crippen LogP contribution in [-0.4, -0.2) is 50.0 Å². The lowest BCUT2D eigenvalue weighted by molar-refractivity contribution is -0.131. The van der Waals surface area contributed by atoms with E-state index in [0.717, 1.165) is 4.88 Å². The minimum Gasteiger partial charge on any atom is -0.476 e. The fourth-order valence-corrected chi connectivity index (χ4v) is 2.80. The van der Waals surface area contributed by atoms with Gasteiger partial charge in [0.05, 0.1) is 4.88 Å². The molecule has 2 aromatic rings. The van der Waals surface area contributed by atoms with Crippen molar-refractivity contribution in [2.45, 2.75) is 20.4 Å². The molecular formula is C13H16N4O3S. The molecule has 0 bridgehead atoms. The van der Waals surface area contributed by atoms with Crippen LogP contribution in [0.1, 0.15) is 24.3 Å². The Morgan fingerprint density at radius 2 is 2.10 bits per heavy atom. The molecule has 0 aliphatic carbocycles. The normalized spacial score (nSPS) is 10.6. The highest BCUT2D eigenvalue weighted by Gasteiger charge is 2.23. The zero-order valence-corrected chi connectivity index (χ0v) is 12.6. The van der Waals surface area contributed by atoms with Crippen molar-refractivity contribution in [3.8, 4) is 10.6 Å². The number of likely N-dealkylation sites (N-methyl/N-ethyl adjacent to an activating group) is 1. The first kappa shape index (κ1) is 15.2. The van der Waals surface area contributed by atoms with Crippen LogP contribution in [0.3, 0.4) is 0 Å². The largest absolute Gasteiger partial charge is 0.476 e. The van der Waals surface area contributed by atoms with Crippen LogP contribution in [0.2, 0.25) is 0 Å². The molecule has 112 valence electrons. The monoisotopic (exact) mass is 308 g/mol. The molecule has 0 unspecified atom stereocenters. The van der Waals surface area contributed by atoms with Gasteiger partial charge in [0.1, 0.15) is 12.2 Å². The first-order valence-electron chi connectivity index (χ1n) is 6.56. The topological polar surface area (TPSA) is 88.3 Å². The highest BCUT2D eigenvalue weighted by Crippen LogP contribution is 2.27. The van der Waals surface area contributed by atoms with E-state index in [1.807, 2.05) is 25.3 Å². The van der Waals surface area contributed by atoms with Gasteiger partial charge in [0, 0.05) is 13.1 Å². The van der Waals surface area contributed by atoms with Gasteiger partial charge in [0.2, 0.25) is 5.91 Å². The third-order valence-electron chi connectivity index (χ3n) is 3.09. The standard InChI is InChI=1S/C13H16N4O3S/c1-3-16(4-2)10(18)8-17-12(9-6-5-7-21-9)11(13(19)20)14-15-17/h5-7H,3-4,8H2,1-2H3,(H,19,20). The van der Waals surface area contributed by atoms with Gasteiger partial charge in [-0.25, -0.2) is 9.48 Å². The van der Waals surface area contributed by atoms with Gasteiger partial charge in [-0.1, -0.05) is 11.3 Å². The van der Waals surface area contributed by atoms with Crippen LogP contribution in [0.15, 0.2) is 17.5 Å². The van der Waals surface area contributed by atoms with E-state index < -0.39 is 5.97 Å². The van der Waals surface area contributed by atoms with Gasteiger partial charge in [0.25, 0.3) is 0 Å². The molecule has 21 heavy (non-hydrogen) atoms. The minimum absolute atomic E-state index is 0.0187. The van der Waals surface area contributed by atoms with Gasteiger partial charge < -0.3 is 10.0 Å². The van der Waals surface area contributed by atoms with Crippen LogP contribution in [0.4, 0.5) is 0 Å². The zero-order chi connectivity index (χ0) is 15.4. The number of aromatic nitrogens is 3. The van der Waals surface area contributed by atoms with Crippen LogP contribution in [0.5, 0.6) is 0 Å². The average molecular weight is 308 g/mol. The number of carboxylic acids is 1. The summed E-state index contributed by atoms with van der Waals surface area (Å²) in [6.45, 7) is 4.97. The summed E-state index contributed by atoms with van der Waals surface area (Å²) < 4.78 is 1.36. The summed E-state index contributed by atoms with van der Waals surface area (Å²) in [6.07, 6.45) is 0. The maximum atomic E-state index is 12.2. The molecule has 0 aliphatic heterocycles. The van der Waals surface area contributed by atoms with E-state index in [1.54, 1.807) is 11.0 Å². The van der Waals surface area contributed by atoms with Gasteiger partial charge >= 0.3 is 5.97 Å². The van der Waals surface area contributed by atoms with Crippen molar-refractivity contribution in [3.05, 3.63) is 23.2 Å². The molecular weight excluding hydrogens is 292 g/mol.